The summed E-state index contributed by atoms with van der Waals surface area (Å²) in [6, 6.07) is 11.8. The van der Waals surface area contributed by atoms with Crippen LogP contribution >= 0.6 is 0 Å². The Morgan fingerprint density at radius 3 is 2.31 bits per heavy atom. The molecule has 26 heavy (non-hydrogen) atoms. The van der Waals surface area contributed by atoms with Crippen LogP contribution in [0.4, 0.5) is 5.82 Å². The third kappa shape index (κ3) is 4.21. The molecule has 1 saturated heterocycles. The van der Waals surface area contributed by atoms with Gasteiger partial charge in [0, 0.05) is 37.8 Å². The standard InChI is InChI=1S/C21H28N4O/c1-3-12-24(13-4-2)19-16-18(21(26)25-14-8-9-15-25)22-20(23-19)17-10-6-5-7-11-17/h5-7,10-11,16H,3-4,8-9,12-15H2,1-2H3. The fraction of sp³-hybridized carbons (Fsp3) is 0.476. The van der Waals surface area contributed by atoms with Crippen molar-refractivity contribution in [2.75, 3.05) is 31.1 Å². The first kappa shape index (κ1) is 18.4. The zero-order valence-electron chi connectivity index (χ0n) is 15.8. The van der Waals surface area contributed by atoms with E-state index >= 15 is 0 Å². The Bertz CT molecular complexity index is 720. The molecule has 2 aromatic rings. The first-order valence-corrected chi connectivity index (χ1v) is 9.71. The quantitative estimate of drug-likeness (QED) is 0.755. The summed E-state index contributed by atoms with van der Waals surface area (Å²) in [5.41, 5.74) is 1.45. The number of nitrogens with zero attached hydrogens (tertiary/aromatic N) is 4. The maximum absolute atomic E-state index is 12.9. The van der Waals surface area contributed by atoms with Crippen molar-refractivity contribution in [3.8, 4) is 11.4 Å². The fourth-order valence-electron chi connectivity index (χ4n) is 3.39. The highest BCUT2D eigenvalue weighted by Gasteiger charge is 2.23. The average molecular weight is 352 g/mol. The molecule has 1 aromatic heterocycles. The summed E-state index contributed by atoms with van der Waals surface area (Å²) < 4.78 is 0. The van der Waals surface area contributed by atoms with Gasteiger partial charge in [-0.25, -0.2) is 9.97 Å². The number of likely N-dealkylation sites (tertiary alicyclic amines) is 1. The van der Waals surface area contributed by atoms with Crippen molar-refractivity contribution >= 4 is 11.7 Å². The minimum absolute atomic E-state index is 0.0243. The van der Waals surface area contributed by atoms with Gasteiger partial charge >= 0.3 is 0 Å². The maximum atomic E-state index is 12.9. The molecule has 1 aliphatic heterocycles. The Labute approximate surface area is 156 Å². The molecule has 2 heterocycles. The van der Waals surface area contributed by atoms with Gasteiger partial charge in [0.05, 0.1) is 0 Å². The van der Waals surface area contributed by atoms with E-state index in [0.717, 1.165) is 63.2 Å². The fourth-order valence-corrected chi connectivity index (χ4v) is 3.39. The van der Waals surface area contributed by atoms with Gasteiger partial charge in [0.2, 0.25) is 0 Å². The molecule has 0 unspecified atom stereocenters. The van der Waals surface area contributed by atoms with Gasteiger partial charge in [-0.3, -0.25) is 4.79 Å². The minimum atomic E-state index is 0.0243. The largest absolute Gasteiger partial charge is 0.357 e. The lowest BCUT2D eigenvalue weighted by molar-refractivity contribution is 0.0787. The van der Waals surface area contributed by atoms with E-state index in [4.69, 9.17) is 4.98 Å². The Kier molecular flexibility index (Phi) is 6.21. The van der Waals surface area contributed by atoms with Gasteiger partial charge in [-0.1, -0.05) is 44.2 Å². The van der Waals surface area contributed by atoms with Gasteiger partial charge in [-0.15, -0.1) is 0 Å². The second-order valence-corrected chi connectivity index (χ2v) is 6.79. The van der Waals surface area contributed by atoms with E-state index in [1.165, 1.54) is 0 Å². The molecule has 0 radical (unpaired) electrons. The molecule has 0 saturated carbocycles. The number of carbonyl (C=O) groups excluding carboxylic acids is 1. The first-order chi connectivity index (χ1) is 12.7. The van der Waals surface area contributed by atoms with Gasteiger partial charge in [0.25, 0.3) is 5.91 Å². The monoisotopic (exact) mass is 352 g/mol. The third-order valence-corrected chi connectivity index (χ3v) is 4.67. The van der Waals surface area contributed by atoms with Gasteiger partial charge in [0.15, 0.2) is 5.82 Å². The van der Waals surface area contributed by atoms with Gasteiger partial charge in [-0.2, -0.15) is 0 Å². The van der Waals surface area contributed by atoms with Gasteiger partial charge < -0.3 is 9.80 Å². The summed E-state index contributed by atoms with van der Waals surface area (Å²) in [5.74, 6) is 1.50. The number of carbonyl (C=O) groups is 1. The molecule has 1 amide bonds. The van der Waals surface area contributed by atoms with Crippen molar-refractivity contribution in [1.82, 2.24) is 14.9 Å². The molecule has 3 rings (SSSR count). The zero-order valence-corrected chi connectivity index (χ0v) is 15.8. The molecule has 0 bridgehead atoms. The maximum Gasteiger partial charge on any atom is 0.272 e. The molecule has 0 atom stereocenters. The van der Waals surface area contributed by atoms with E-state index in [1.54, 1.807) is 0 Å². The van der Waals surface area contributed by atoms with Crippen molar-refractivity contribution < 1.29 is 4.79 Å². The minimum Gasteiger partial charge on any atom is -0.357 e. The van der Waals surface area contributed by atoms with E-state index in [-0.39, 0.29) is 5.91 Å². The summed E-state index contributed by atoms with van der Waals surface area (Å²) in [7, 11) is 0. The summed E-state index contributed by atoms with van der Waals surface area (Å²) in [6.07, 6.45) is 4.24. The lowest BCUT2D eigenvalue weighted by Crippen LogP contribution is -2.30. The number of hydrogen-bond donors (Lipinski definition) is 0. The molecular weight excluding hydrogens is 324 g/mol. The lowest BCUT2D eigenvalue weighted by Gasteiger charge is -2.24. The number of benzene rings is 1. The van der Waals surface area contributed by atoms with E-state index in [9.17, 15) is 4.79 Å². The normalized spacial score (nSPS) is 13.8. The topological polar surface area (TPSA) is 49.3 Å². The van der Waals surface area contributed by atoms with Gasteiger partial charge in [-0.05, 0) is 25.7 Å². The Hall–Kier alpha value is -2.43. The molecule has 5 heteroatoms. The van der Waals surface area contributed by atoms with Crippen molar-refractivity contribution in [3.05, 3.63) is 42.1 Å². The highest BCUT2D eigenvalue weighted by Crippen LogP contribution is 2.22. The third-order valence-electron chi connectivity index (χ3n) is 4.67. The Balaban J connectivity index is 2.02. The summed E-state index contributed by atoms with van der Waals surface area (Å²) in [5, 5.41) is 0. The number of amides is 1. The second-order valence-electron chi connectivity index (χ2n) is 6.79. The molecule has 0 aliphatic carbocycles. The summed E-state index contributed by atoms with van der Waals surface area (Å²) >= 11 is 0. The van der Waals surface area contributed by atoms with E-state index < -0.39 is 0 Å². The highest BCUT2D eigenvalue weighted by molar-refractivity contribution is 5.93. The molecule has 5 nitrogen and oxygen atoms in total. The molecular formula is C21H28N4O. The van der Waals surface area contributed by atoms with Crippen LogP contribution in [0.2, 0.25) is 0 Å². The van der Waals surface area contributed by atoms with Crippen LogP contribution in [-0.4, -0.2) is 47.0 Å². The van der Waals surface area contributed by atoms with E-state index in [1.807, 2.05) is 41.3 Å². The van der Waals surface area contributed by atoms with Gasteiger partial charge in [0.1, 0.15) is 11.5 Å². The van der Waals surface area contributed by atoms with Crippen molar-refractivity contribution in [2.24, 2.45) is 0 Å². The second kappa shape index (κ2) is 8.79. The molecule has 0 N–H and O–H groups in total. The van der Waals surface area contributed by atoms with Crippen LogP contribution in [0, 0.1) is 0 Å². The molecule has 1 aromatic carbocycles. The molecule has 1 aliphatic rings. The van der Waals surface area contributed by atoms with Crippen LogP contribution in [0.1, 0.15) is 50.0 Å². The molecule has 1 fully saturated rings. The van der Waals surface area contributed by atoms with Crippen LogP contribution < -0.4 is 4.90 Å². The number of hydrogen-bond acceptors (Lipinski definition) is 4. The molecule has 138 valence electrons. The highest BCUT2D eigenvalue weighted by atomic mass is 16.2. The van der Waals surface area contributed by atoms with Crippen LogP contribution in [0.5, 0.6) is 0 Å². The SMILES string of the molecule is CCCN(CCC)c1cc(C(=O)N2CCCC2)nc(-c2ccccc2)n1. The summed E-state index contributed by atoms with van der Waals surface area (Å²) in [6.45, 7) is 7.84. The van der Waals surface area contributed by atoms with Crippen LogP contribution in [0.3, 0.4) is 0 Å². The number of aromatic nitrogens is 2. The first-order valence-electron chi connectivity index (χ1n) is 9.71. The Morgan fingerprint density at radius 2 is 1.69 bits per heavy atom. The Morgan fingerprint density at radius 1 is 1.04 bits per heavy atom. The van der Waals surface area contributed by atoms with Crippen molar-refractivity contribution in [3.63, 3.8) is 0 Å². The van der Waals surface area contributed by atoms with Crippen LogP contribution in [-0.2, 0) is 0 Å². The van der Waals surface area contributed by atoms with E-state index in [0.29, 0.717) is 11.5 Å². The zero-order chi connectivity index (χ0) is 18.4. The predicted octanol–water partition coefficient (Wildman–Crippen LogP) is 4.01. The predicted molar refractivity (Wildman–Crippen MR) is 105 cm³/mol. The van der Waals surface area contributed by atoms with Crippen molar-refractivity contribution in [1.29, 1.82) is 0 Å². The number of rotatable bonds is 7. The average Bonchev–Trinajstić information content (AvgIpc) is 3.22. The van der Waals surface area contributed by atoms with Crippen LogP contribution in [0.25, 0.3) is 11.4 Å². The lowest BCUT2D eigenvalue weighted by atomic mass is 10.2. The van der Waals surface area contributed by atoms with Crippen LogP contribution in [0.15, 0.2) is 36.4 Å². The van der Waals surface area contributed by atoms with E-state index in [2.05, 4.69) is 23.7 Å². The number of anilines is 1. The van der Waals surface area contributed by atoms with Crippen molar-refractivity contribution in [2.45, 2.75) is 39.5 Å². The molecule has 0 spiro atoms. The smallest absolute Gasteiger partial charge is 0.272 e. The summed E-state index contributed by atoms with van der Waals surface area (Å²) in [4.78, 5) is 26.5.